The first-order valence-electron chi connectivity index (χ1n) is 14.3. The summed E-state index contributed by atoms with van der Waals surface area (Å²) in [5, 5.41) is 11.2. The van der Waals surface area contributed by atoms with Gasteiger partial charge in [-0.05, 0) is 22.3 Å². The molecule has 0 fully saturated rings. The van der Waals surface area contributed by atoms with Crippen molar-refractivity contribution in [3.8, 4) is 0 Å². The fourth-order valence-electron chi connectivity index (χ4n) is 4.40. The zero-order chi connectivity index (χ0) is 31.0. The first kappa shape index (κ1) is 33.2. The Hall–Kier alpha value is -3.66. The van der Waals surface area contributed by atoms with Crippen LogP contribution in [0.3, 0.4) is 0 Å². The van der Waals surface area contributed by atoms with Crippen LogP contribution in [0.25, 0.3) is 0 Å². The number of halogens is 1. The lowest BCUT2D eigenvalue weighted by molar-refractivity contribution is -0.0222. The number of hydrogen-bond donors (Lipinski definition) is 1. The van der Waals surface area contributed by atoms with E-state index in [0.717, 1.165) is 22.3 Å². The van der Waals surface area contributed by atoms with Gasteiger partial charge in [-0.15, -0.1) is 0 Å². The van der Waals surface area contributed by atoms with Crippen molar-refractivity contribution in [2.75, 3.05) is 12.4 Å². The number of ether oxygens (including phenoxy) is 4. The van der Waals surface area contributed by atoms with Gasteiger partial charge in [-0.1, -0.05) is 121 Å². The van der Waals surface area contributed by atoms with Crippen LogP contribution in [-0.2, 0) is 54.4 Å². The Morgan fingerprint density at radius 1 is 0.614 bits per heavy atom. The second-order valence-corrected chi connectivity index (χ2v) is 12.9. The Balaban J connectivity index is 1.67. The van der Waals surface area contributed by atoms with Crippen LogP contribution in [0.1, 0.15) is 28.7 Å². The Labute approximate surface area is 264 Å². The van der Waals surface area contributed by atoms with Crippen molar-refractivity contribution in [2.45, 2.75) is 45.1 Å². The summed E-state index contributed by atoms with van der Waals surface area (Å²) < 4.78 is 49.1. The molecule has 4 aromatic rings. The molecule has 7 nitrogen and oxygen atoms in total. The Kier molecular flexibility index (Phi) is 13.3. The molecule has 0 radical (unpaired) electrons. The molecule has 0 heterocycles. The standard InChI is InChI=1S/C35H37ClO7S/c36-44(38,39)27-32(37)34(42-25-30-17-9-3-10-18-30)35(43-26-31-19-11-4-12-20-31)33(41-24-29-15-7-2-8-16-29)21-22-40-23-28-13-5-1-6-14-28/h1-20,32-33,37H,21-27H2/b35-34-. The van der Waals surface area contributed by atoms with Crippen molar-refractivity contribution in [3.05, 3.63) is 155 Å². The highest BCUT2D eigenvalue weighted by molar-refractivity contribution is 8.13. The van der Waals surface area contributed by atoms with E-state index >= 15 is 0 Å². The summed E-state index contributed by atoms with van der Waals surface area (Å²) in [7, 11) is 1.49. The van der Waals surface area contributed by atoms with Crippen LogP contribution in [0.15, 0.2) is 133 Å². The highest BCUT2D eigenvalue weighted by Crippen LogP contribution is 2.26. The molecule has 0 aliphatic carbocycles. The molecule has 0 bridgehead atoms. The van der Waals surface area contributed by atoms with E-state index in [2.05, 4.69) is 0 Å². The average Bonchev–Trinajstić information content (AvgIpc) is 3.03. The first-order chi connectivity index (χ1) is 21.4. The van der Waals surface area contributed by atoms with Gasteiger partial charge in [0.05, 0.1) is 19.0 Å². The van der Waals surface area contributed by atoms with Crippen molar-refractivity contribution in [1.82, 2.24) is 0 Å². The van der Waals surface area contributed by atoms with E-state index in [4.69, 9.17) is 29.6 Å². The molecule has 2 unspecified atom stereocenters. The van der Waals surface area contributed by atoms with Crippen molar-refractivity contribution in [3.63, 3.8) is 0 Å². The van der Waals surface area contributed by atoms with E-state index in [9.17, 15) is 13.5 Å². The van der Waals surface area contributed by atoms with E-state index in [0.29, 0.717) is 19.6 Å². The molecule has 0 amide bonds. The third-order valence-corrected chi connectivity index (χ3v) is 7.69. The Morgan fingerprint density at radius 3 is 1.48 bits per heavy atom. The van der Waals surface area contributed by atoms with Crippen LogP contribution in [-0.4, -0.2) is 38.1 Å². The molecule has 0 saturated carbocycles. The molecule has 4 aromatic carbocycles. The van der Waals surface area contributed by atoms with E-state index in [1.165, 1.54) is 0 Å². The maximum Gasteiger partial charge on any atom is 0.235 e. The zero-order valence-electron chi connectivity index (χ0n) is 24.3. The minimum atomic E-state index is -4.10. The van der Waals surface area contributed by atoms with Crippen LogP contribution in [0.4, 0.5) is 0 Å². The molecule has 44 heavy (non-hydrogen) atoms. The van der Waals surface area contributed by atoms with E-state index in [1.54, 1.807) is 0 Å². The summed E-state index contributed by atoms with van der Waals surface area (Å²) in [5.41, 5.74) is 3.65. The van der Waals surface area contributed by atoms with Crippen molar-refractivity contribution in [1.29, 1.82) is 0 Å². The fraction of sp³-hybridized carbons (Fsp3) is 0.257. The largest absolute Gasteiger partial charge is 0.487 e. The molecule has 232 valence electrons. The zero-order valence-corrected chi connectivity index (χ0v) is 25.9. The highest BCUT2D eigenvalue weighted by Gasteiger charge is 2.30. The highest BCUT2D eigenvalue weighted by atomic mass is 35.7. The second kappa shape index (κ2) is 17.6. The molecule has 1 N–H and O–H groups in total. The van der Waals surface area contributed by atoms with Crippen molar-refractivity contribution < 1.29 is 32.5 Å². The van der Waals surface area contributed by atoms with Crippen molar-refractivity contribution >= 4 is 19.7 Å². The summed E-state index contributed by atoms with van der Waals surface area (Å²) in [6.07, 6.45) is -2.03. The van der Waals surface area contributed by atoms with Gasteiger partial charge < -0.3 is 24.1 Å². The lowest BCUT2D eigenvalue weighted by Gasteiger charge is -2.27. The summed E-state index contributed by atoms with van der Waals surface area (Å²) in [4.78, 5) is 0. The smallest absolute Gasteiger partial charge is 0.235 e. The number of benzene rings is 4. The molecule has 9 heteroatoms. The van der Waals surface area contributed by atoms with Crippen LogP contribution in [0, 0.1) is 0 Å². The summed E-state index contributed by atoms with van der Waals surface area (Å²) in [6, 6.07) is 38.3. The van der Waals surface area contributed by atoms with Crippen LogP contribution in [0.2, 0.25) is 0 Å². The lowest BCUT2D eigenvalue weighted by Crippen LogP contribution is -2.29. The number of aliphatic hydroxyl groups is 1. The number of aliphatic hydroxyl groups excluding tert-OH is 1. The van der Waals surface area contributed by atoms with Crippen LogP contribution < -0.4 is 0 Å². The van der Waals surface area contributed by atoms with E-state index < -0.39 is 27.0 Å². The lowest BCUT2D eigenvalue weighted by atomic mass is 10.1. The fourth-order valence-corrected chi connectivity index (χ4v) is 5.29. The van der Waals surface area contributed by atoms with Gasteiger partial charge in [-0.3, -0.25) is 0 Å². The quantitative estimate of drug-likeness (QED) is 0.0734. The molecule has 0 aromatic heterocycles. The second-order valence-electron chi connectivity index (χ2n) is 10.1. The molecular formula is C35H37ClO7S. The minimum Gasteiger partial charge on any atom is -0.487 e. The third kappa shape index (κ3) is 11.8. The summed E-state index contributed by atoms with van der Waals surface area (Å²) in [5.74, 6) is -0.653. The SMILES string of the molecule is O=S(=O)(Cl)CC(O)/C(OCc1ccccc1)=C(/OCc1ccccc1)C(CCOCc1ccccc1)OCc1ccccc1. The summed E-state index contributed by atoms with van der Waals surface area (Å²) >= 11 is 0. The molecule has 0 aliphatic heterocycles. The summed E-state index contributed by atoms with van der Waals surface area (Å²) in [6.45, 7) is 1.12. The number of rotatable bonds is 18. The molecule has 0 saturated heterocycles. The maximum atomic E-state index is 12.1. The normalized spacial score (nSPS) is 13.5. The third-order valence-electron chi connectivity index (χ3n) is 6.60. The van der Waals surface area contributed by atoms with Gasteiger partial charge in [-0.2, -0.15) is 0 Å². The minimum absolute atomic E-state index is 0.0592. The van der Waals surface area contributed by atoms with Crippen LogP contribution in [0.5, 0.6) is 0 Å². The molecule has 2 atom stereocenters. The monoisotopic (exact) mass is 636 g/mol. The topological polar surface area (TPSA) is 91.3 Å². The van der Waals surface area contributed by atoms with E-state index in [1.807, 2.05) is 121 Å². The Morgan fingerprint density at radius 2 is 1.02 bits per heavy atom. The van der Waals surface area contributed by atoms with Gasteiger partial charge in [0.25, 0.3) is 0 Å². The average molecular weight is 637 g/mol. The van der Waals surface area contributed by atoms with E-state index in [-0.39, 0.29) is 31.3 Å². The Bertz CT molecular complexity index is 1520. The van der Waals surface area contributed by atoms with Crippen molar-refractivity contribution in [2.24, 2.45) is 0 Å². The van der Waals surface area contributed by atoms with Crippen LogP contribution >= 0.6 is 10.7 Å². The predicted octanol–water partition coefficient (Wildman–Crippen LogP) is 6.75. The molecule has 0 aliphatic rings. The molecule has 4 rings (SSSR count). The van der Waals surface area contributed by atoms with Gasteiger partial charge in [-0.25, -0.2) is 8.42 Å². The maximum absolute atomic E-state index is 12.1. The number of hydrogen-bond acceptors (Lipinski definition) is 7. The van der Waals surface area contributed by atoms with Gasteiger partial charge in [0, 0.05) is 23.7 Å². The predicted molar refractivity (Wildman–Crippen MR) is 171 cm³/mol. The first-order valence-corrected chi connectivity index (χ1v) is 16.8. The molecule has 0 spiro atoms. The van der Waals surface area contributed by atoms with Gasteiger partial charge >= 0.3 is 0 Å². The van der Waals surface area contributed by atoms with Gasteiger partial charge in [0.2, 0.25) is 9.05 Å². The van der Waals surface area contributed by atoms with Gasteiger partial charge in [0.15, 0.2) is 11.5 Å². The molecular weight excluding hydrogens is 600 g/mol. The van der Waals surface area contributed by atoms with Gasteiger partial charge in [0.1, 0.15) is 25.4 Å².